The fraction of sp³-hybridized carbons (Fsp3) is 0.529. The minimum Gasteiger partial charge on any atom is -0.372 e. The minimum absolute atomic E-state index is 0.0696. The lowest BCUT2D eigenvalue weighted by Crippen LogP contribution is -2.40. The molecule has 1 saturated heterocycles. The van der Waals surface area contributed by atoms with Gasteiger partial charge in [-0.15, -0.1) is 0 Å². The number of hydrogen-bond donors (Lipinski definition) is 1. The van der Waals surface area contributed by atoms with Crippen LogP contribution in [-0.4, -0.2) is 46.1 Å². The first-order valence-electron chi connectivity index (χ1n) is 8.43. The summed E-state index contributed by atoms with van der Waals surface area (Å²) < 4.78 is 5.19. The van der Waals surface area contributed by atoms with Crippen molar-refractivity contribution in [2.45, 2.75) is 32.6 Å². The summed E-state index contributed by atoms with van der Waals surface area (Å²) in [6.45, 7) is 3.46. The molecule has 1 aliphatic heterocycles. The molecular formula is C17H23N5O2. The summed E-state index contributed by atoms with van der Waals surface area (Å²) in [7, 11) is 1.85. The van der Waals surface area contributed by atoms with Crippen molar-refractivity contribution < 1.29 is 9.32 Å². The number of nitrogens with zero attached hydrogens (tertiary/aromatic N) is 4. The van der Waals surface area contributed by atoms with Crippen molar-refractivity contribution in [1.82, 2.24) is 20.0 Å². The maximum absolute atomic E-state index is 12.6. The molecule has 1 unspecified atom stereocenters. The van der Waals surface area contributed by atoms with Gasteiger partial charge in [-0.05, 0) is 31.6 Å². The largest absolute Gasteiger partial charge is 0.372 e. The van der Waals surface area contributed by atoms with Crippen LogP contribution < -0.4 is 5.32 Å². The molecule has 1 atom stereocenters. The molecular weight excluding hydrogens is 306 g/mol. The summed E-state index contributed by atoms with van der Waals surface area (Å²) in [5.74, 6) is 1.45. The number of likely N-dealkylation sites (tertiary alicyclic amines) is 1. The van der Waals surface area contributed by atoms with Gasteiger partial charge in [0.05, 0.1) is 11.4 Å². The van der Waals surface area contributed by atoms with E-state index < -0.39 is 0 Å². The van der Waals surface area contributed by atoms with Crippen LogP contribution in [0, 0.1) is 5.92 Å². The third-order valence-electron chi connectivity index (χ3n) is 4.43. The molecule has 0 spiro atoms. The number of carbonyl (C=O) groups excluding carboxylic acids is 1. The monoisotopic (exact) mass is 329 g/mol. The van der Waals surface area contributed by atoms with Gasteiger partial charge in [0.15, 0.2) is 0 Å². The van der Waals surface area contributed by atoms with E-state index in [1.165, 1.54) is 0 Å². The van der Waals surface area contributed by atoms with Crippen LogP contribution in [0.5, 0.6) is 0 Å². The van der Waals surface area contributed by atoms with E-state index in [1.807, 2.05) is 18.9 Å². The first-order chi connectivity index (χ1) is 11.7. The van der Waals surface area contributed by atoms with Crippen LogP contribution in [0.15, 0.2) is 23.0 Å². The average Bonchev–Trinajstić information content (AvgIpc) is 3.11. The Kier molecular flexibility index (Phi) is 5.08. The number of hydrogen-bond acceptors (Lipinski definition) is 6. The maximum Gasteiger partial charge on any atom is 0.292 e. The number of carbonyl (C=O) groups is 1. The van der Waals surface area contributed by atoms with Gasteiger partial charge in [-0.25, -0.2) is 4.98 Å². The number of aryl methyl sites for hydroxylation is 1. The molecule has 3 rings (SSSR count). The van der Waals surface area contributed by atoms with E-state index in [-0.39, 0.29) is 5.91 Å². The second kappa shape index (κ2) is 7.42. The third-order valence-corrected chi connectivity index (χ3v) is 4.43. The van der Waals surface area contributed by atoms with Crippen molar-refractivity contribution in [3.63, 3.8) is 0 Å². The number of amides is 1. The van der Waals surface area contributed by atoms with Gasteiger partial charge in [0, 0.05) is 38.6 Å². The fourth-order valence-corrected chi connectivity index (χ4v) is 3.15. The van der Waals surface area contributed by atoms with Crippen LogP contribution in [-0.2, 0) is 12.8 Å². The van der Waals surface area contributed by atoms with Gasteiger partial charge < -0.3 is 14.7 Å². The van der Waals surface area contributed by atoms with Crippen LogP contribution in [0.25, 0.3) is 0 Å². The molecule has 24 heavy (non-hydrogen) atoms. The predicted molar refractivity (Wildman–Crippen MR) is 89.8 cm³/mol. The van der Waals surface area contributed by atoms with Gasteiger partial charge in [-0.1, -0.05) is 12.1 Å². The Morgan fingerprint density at radius 2 is 2.25 bits per heavy atom. The molecule has 128 valence electrons. The van der Waals surface area contributed by atoms with Crippen molar-refractivity contribution in [3.05, 3.63) is 35.6 Å². The molecule has 0 saturated carbocycles. The molecule has 3 heterocycles. The number of aromatic nitrogens is 3. The van der Waals surface area contributed by atoms with E-state index in [2.05, 4.69) is 20.4 Å². The molecule has 7 nitrogen and oxygen atoms in total. The number of anilines is 1. The number of piperidine rings is 1. The van der Waals surface area contributed by atoms with Crippen LogP contribution in [0.2, 0.25) is 0 Å². The Morgan fingerprint density at radius 1 is 1.42 bits per heavy atom. The molecule has 0 radical (unpaired) electrons. The van der Waals surface area contributed by atoms with Crippen molar-refractivity contribution >= 4 is 11.7 Å². The lowest BCUT2D eigenvalue weighted by Gasteiger charge is -2.32. The van der Waals surface area contributed by atoms with E-state index in [9.17, 15) is 4.79 Å². The quantitative estimate of drug-likeness (QED) is 0.905. The summed E-state index contributed by atoms with van der Waals surface area (Å²) in [4.78, 5) is 23.2. The highest BCUT2D eigenvalue weighted by molar-refractivity contribution is 5.91. The summed E-state index contributed by atoms with van der Waals surface area (Å²) >= 11 is 0. The first-order valence-corrected chi connectivity index (χ1v) is 8.43. The number of nitrogens with one attached hydrogen (secondary N) is 1. The third kappa shape index (κ3) is 3.55. The molecule has 0 aliphatic carbocycles. The fourth-order valence-electron chi connectivity index (χ4n) is 3.15. The van der Waals surface area contributed by atoms with Crippen LogP contribution >= 0.6 is 0 Å². The Morgan fingerprint density at radius 3 is 3.00 bits per heavy atom. The van der Waals surface area contributed by atoms with E-state index >= 15 is 0 Å². The molecule has 0 bridgehead atoms. The highest BCUT2D eigenvalue weighted by Gasteiger charge is 2.27. The topological polar surface area (TPSA) is 84.2 Å². The Balaban J connectivity index is 1.66. The molecule has 0 aromatic carbocycles. The first kappa shape index (κ1) is 16.4. The van der Waals surface area contributed by atoms with Gasteiger partial charge in [-0.2, -0.15) is 0 Å². The zero-order chi connectivity index (χ0) is 16.9. The van der Waals surface area contributed by atoms with Crippen molar-refractivity contribution in [2.24, 2.45) is 5.92 Å². The second-order valence-electron chi connectivity index (χ2n) is 6.10. The molecule has 1 aliphatic rings. The van der Waals surface area contributed by atoms with Gasteiger partial charge in [0.1, 0.15) is 5.82 Å². The molecule has 7 heteroatoms. The molecule has 1 fully saturated rings. The van der Waals surface area contributed by atoms with Crippen molar-refractivity contribution in [1.29, 1.82) is 0 Å². The Labute approximate surface area is 141 Å². The lowest BCUT2D eigenvalue weighted by molar-refractivity contribution is 0.0631. The normalized spacial score (nSPS) is 17.8. The Hall–Kier alpha value is -2.44. The Bertz CT molecular complexity index is 700. The molecule has 1 N–H and O–H groups in total. The lowest BCUT2D eigenvalue weighted by atomic mass is 9.93. The van der Waals surface area contributed by atoms with Crippen LogP contribution in [0.1, 0.15) is 41.7 Å². The molecule has 1 amide bonds. The molecule has 2 aromatic heterocycles. The maximum atomic E-state index is 12.6. The van der Waals surface area contributed by atoms with Crippen LogP contribution in [0.4, 0.5) is 5.82 Å². The van der Waals surface area contributed by atoms with Crippen molar-refractivity contribution in [3.8, 4) is 0 Å². The van der Waals surface area contributed by atoms with E-state index in [0.717, 1.165) is 49.4 Å². The number of rotatable bonds is 5. The minimum atomic E-state index is -0.0696. The van der Waals surface area contributed by atoms with Gasteiger partial charge in [0.25, 0.3) is 5.91 Å². The summed E-state index contributed by atoms with van der Waals surface area (Å²) in [5.41, 5.74) is 1.76. The SMILES string of the molecule is CCc1cc(C(=O)N2CCCC(Cc3nccnc3NC)C2)on1. The van der Waals surface area contributed by atoms with Gasteiger partial charge >= 0.3 is 0 Å². The van der Waals surface area contributed by atoms with E-state index in [1.54, 1.807) is 18.5 Å². The summed E-state index contributed by atoms with van der Waals surface area (Å²) in [6, 6.07) is 1.74. The average molecular weight is 329 g/mol. The molecule has 2 aromatic rings. The summed E-state index contributed by atoms with van der Waals surface area (Å²) in [5, 5.41) is 6.99. The predicted octanol–water partition coefficient (Wildman–Crippen LogP) is 2.16. The van der Waals surface area contributed by atoms with Gasteiger partial charge in [0.2, 0.25) is 5.76 Å². The van der Waals surface area contributed by atoms with Crippen molar-refractivity contribution in [2.75, 3.05) is 25.5 Å². The summed E-state index contributed by atoms with van der Waals surface area (Å²) in [6.07, 6.45) is 7.04. The van der Waals surface area contributed by atoms with E-state index in [4.69, 9.17) is 4.52 Å². The second-order valence-corrected chi connectivity index (χ2v) is 6.10. The van der Waals surface area contributed by atoms with E-state index in [0.29, 0.717) is 18.2 Å². The van der Waals surface area contributed by atoms with Crippen LogP contribution in [0.3, 0.4) is 0 Å². The highest BCUT2D eigenvalue weighted by Crippen LogP contribution is 2.23. The highest BCUT2D eigenvalue weighted by atomic mass is 16.5. The zero-order valence-corrected chi connectivity index (χ0v) is 14.2. The smallest absolute Gasteiger partial charge is 0.292 e. The van der Waals surface area contributed by atoms with Gasteiger partial charge in [-0.3, -0.25) is 9.78 Å². The standard InChI is InChI=1S/C17H23N5O2/c1-3-13-10-15(24-21-13)17(23)22-8-4-5-12(11-22)9-14-16(18-2)20-7-6-19-14/h6-7,10,12H,3-5,8-9,11H2,1-2H3,(H,18,20). The zero-order valence-electron chi connectivity index (χ0n) is 14.2.